The molecule has 4 unspecified atom stereocenters. The second kappa shape index (κ2) is 4.38. The summed E-state index contributed by atoms with van der Waals surface area (Å²) in [6.45, 7) is 9.72. The standard InChI is InChI=1S/C21H31N/c1-14-5-6-16-15(13-14)7-12-21(22)17(16)8-11-20(4)18(21)9-10-19(20,2)3/h5-6,13,17-18H,7-12,22H2,1-4H3. The van der Waals surface area contributed by atoms with Gasteiger partial charge in [0.05, 0.1) is 0 Å². The summed E-state index contributed by atoms with van der Waals surface area (Å²) in [6.07, 6.45) is 7.67. The monoisotopic (exact) mass is 297 g/mol. The fourth-order valence-electron chi connectivity index (χ4n) is 6.35. The minimum atomic E-state index is 0.0308. The van der Waals surface area contributed by atoms with Crippen LogP contribution < -0.4 is 5.73 Å². The van der Waals surface area contributed by atoms with Gasteiger partial charge in [-0.25, -0.2) is 0 Å². The molecular formula is C21H31N. The molecule has 1 nitrogen and oxygen atoms in total. The third kappa shape index (κ3) is 1.69. The molecule has 1 heteroatoms. The van der Waals surface area contributed by atoms with Gasteiger partial charge in [-0.3, -0.25) is 0 Å². The highest BCUT2D eigenvalue weighted by molar-refractivity contribution is 5.41. The summed E-state index contributed by atoms with van der Waals surface area (Å²) in [7, 11) is 0. The first-order valence-corrected chi connectivity index (χ1v) is 9.16. The SMILES string of the molecule is Cc1ccc2c(c1)CCC1(N)C2CCC2(C)C1CCC2(C)C. The van der Waals surface area contributed by atoms with Gasteiger partial charge in [-0.05, 0) is 73.3 Å². The van der Waals surface area contributed by atoms with E-state index < -0.39 is 0 Å². The maximum atomic E-state index is 7.21. The molecule has 1 aromatic carbocycles. The number of nitrogens with two attached hydrogens (primary N) is 1. The average molecular weight is 297 g/mol. The molecule has 0 amide bonds. The number of rotatable bonds is 0. The Morgan fingerprint density at radius 1 is 1.05 bits per heavy atom. The third-order valence-electron chi connectivity index (χ3n) is 8.12. The Kier molecular flexibility index (Phi) is 2.94. The van der Waals surface area contributed by atoms with Crippen LogP contribution in [0.3, 0.4) is 0 Å². The van der Waals surface area contributed by atoms with Crippen molar-refractivity contribution < 1.29 is 0 Å². The van der Waals surface area contributed by atoms with E-state index in [1.807, 2.05) is 0 Å². The smallest absolute Gasteiger partial charge is 0.0261 e. The van der Waals surface area contributed by atoms with Crippen molar-refractivity contribution in [3.8, 4) is 0 Å². The van der Waals surface area contributed by atoms with Crippen LogP contribution >= 0.6 is 0 Å². The Morgan fingerprint density at radius 3 is 2.59 bits per heavy atom. The van der Waals surface area contributed by atoms with Crippen LogP contribution in [-0.4, -0.2) is 5.54 Å². The second-order valence-electron chi connectivity index (χ2n) is 9.30. The molecule has 3 aliphatic carbocycles. The molecule has 1 aromatic rings. The van der Waals surface area contributed by atoms with Crippen molar-refractivity contribution >= 4 is 0 Å². The van der Waals surface area contributed by atoms with Crippen molar-refractivity contribution in [1.29, 1.82) is 0 Å². The highest BCUT2D eigenvalue weighted by Gasteiger charge is 2.62. The lowest BCUT2D eigenvalue weighted by Gasteiger charge is -2.58. The van der Waals surface area contributed by atoms with E-state index in [1.165, 1.54) is 44.1 Å². The molecule has 0 aromatic heterocycles. The first-order valence-electron chi connectivity index (χ1n) is 9.16. The Bertz CT molecular complexity index is 616. The molecule has 4 rings (SSSR count). The Hall–Kier alpha value is -0.820. The van der Waals surface area contributed by atoms with Gasteiger partial charge in [-0.1, -0.05) is 44.5 Å². The van der Waals surface area contributed by atoms with Crippen LogP contribution in [0, 0.1) is 23.7 Å². The van der Waals surface area contributed by atoms with E-state index in [4.69, 9.17) is 5.73 Å². The fourth-order valence-corrected chi connectivity index (χ4v) is 6.35. The summed E-state index contributed by atoms with van der Waals surface area (Å²) >= 11 is 0. The maximum Gasteiger partial charge on any atom is 0.0261 e. The largest absolute Gasteiger partial charge is 0.324 e. The van der Waals surface area contributed by atoms with E-state index in [0.29, 0.717) is 22.7 Å². The predicted octanol–water partition coefficient (Wildman–Crippen LogP) is 4.96. The predicted molar refractivity (Wildman–Crippen MR) is 93.0 cm³/mol. The molecule has 3 aliphatic rings. The molecule has 0 spiro atoms. The van der Waals surface area contributed by atoms with Crippen LogP contribution in [0.25, 0.3) is 0 Å². The summed E-state index contributed by atoms with van der Waals surface area (Å²) in [5, 5.41) is 0. The van der Waals surface area contributed by atoms with Crippen molar-refractivity contribution in [1.82, 2.24) is 0 Å². The molecule has 0 bridgehead atoms. The first-order chi connectivity index (χ1) is 10.3. The Morgan fingerprint density at radius 2 is 1.82 bits per heavy atom. The summed E-state index contributed by atoms with van der Waals surface area (Å²) < 4.78 is 0. The summed E-state index contributed by atoms with van der Waals surface area (Å²) in [6, 6.07) is 7.08. The van der Waals surface area contributed by atoms with Crippen LogP contribution in [0.2, 0.25) is 0 Å². The minimum Gasteiger partial charge on any atom is -0.324 e. The van der Waals surface area contributed by atoms with Gasteiger partial charge < -0.3 is 5.73 Å². The minimum absolute atomic E-state index is 0.0308. The van der Waals surface area contributed by atoms with Gasteiger partial charge in [0.25, 0.3) is 0 Å². The van der Waals surface area contributed by atoms with Crippen LogP contribution in [-0.2, 0) is 6.42 Å². The molecule has 120 valence electrons. The van der Waals surface area contributed by atoms with Gasteiger partial charge in [0, 0.05) is 11.5 Å². The van der Waals surface area contributed by atoms with Crippen molar-refractivity contribution in [3.63, 3.8) is 0 Å². The average Bonchev–Trinajstić information content (AvgIpc) is 2.70. The molecule has 2 fully saturated rings. The van der Waals surface area contributed by atoms with Crippen molar-refractivity contribution in [2.45, 2.75) is 77.7 Å². The first kappa shape index (κ1) is 14.8. The molecule has 2 N–H and O–H groups in total. The second-order valence-corrected chi connectivity index (χ2v) is 9.30. The number of benzene rings is 1. The lowest BCUT2D eigenvalue weighted by atomic mass is 9.48. The van der Waals surface area contributed by atoms with Crippen LogP contribution in [0.5, 0.6) is 0 Å². The summed E-state index contributed by atoms with van der Waals surface area (Å²) in [5.74, 6) is 1.28. The molecule has 4 atom stereocenters. The maximum absolute atomic E-state index is 7.21. The van der Waals surface area contributed by atoms with Gasteiger partial charge in [-0.15, -0.1) is 0 Å². The topological polar surface area (TPSA) is 26.0 Å². The van der Waals surface area contributed by atoms with E-state index in [0.717, 1.165) is 0 Å². The quantitative estimate of drug-likeness (QED) is 0.719. The van der Waals surface area contributed by atoms with Crippen LogP contribution in [0.1, 0.15) is 75.5 Å². The van der Waals surface area contributed by atoms with Gasteiger partial charge in [0.2, 0.25) is 0 Å². The number of aryl methyl sites for hydroxylation is 2. The normalized spacial score (nSPS) is 42.4. The lowest BCUT2D eigenvalue weighted by molar-refractivity contribution is -0.0244. The molecular weight excluding hydrogens is 266 g/mol. The number of hydrogen-bond acceptors (Lipinski definition) is 1. The zero-order chi connectivity index (χ0) is 15.8. The lowest BCUT2D eigenvalue weighted by Crippen LogP contribution is -2.61. The summed E-state index contributed by atoms with van der Waals surface area (Å²) in [5.41, 5.74) is 12.7. The summed E-state index contributed by atoms with van der Waals surface area (Å²) in [4.78, 5) is 0. The van der Waals surface area contributed by atoms with Gasteiger partial charge in [0.15, 0.2) is 0 Å². The zero-order valence-corrected chi connectivity index (χ0v) is 14.7. The van der Waals surface area contributed by atoms with E-state index in [1.54, 1.807) is 11.1 Å². The number of hydrogen-bond donors (Lipinski definition) is 1. The van der Waals surface area contributed by atoms with Gasteiger partial charge in [-0.2, -0.15) is 0 Å². The zero-order valence-electron chi connectivity index (χ0n) is 14.7. The molecule has 22 heavy (non-hydrogen) atoms. The highest BCUT2D eigenvalue weighted by Crippen LogP contribution is 2.67. The van der Waals surface area contributed by atoms with E-state index >= 15 is 0 Å². The van der Waals surface area contributed by atoms with Gasteiger partial charge >= 0.3 is 0 Å². The number of fused-ring (bicyclic) bond motifs is 5. The van der Waals surface area contributed by atoms with E-state index in [2.05, 4.69) is 45.9 Å². The van der Waals surface area contributed by atoms with E-state index in [9.17, 15) is 0 Å². The molecule has 0 aliphatic heterocycles. The molecule has 0 radical (unpaired) electrons. The Balaban J connectivity index is 1.79. The van der Waals surface area contributed by atoms with Crippen LogP contribution in [0.4, 0.5) is 0 Å². The van der Waals surface area contributed by atoms with Crippen molar-refractivity contribution in [3.05, 3.63) is 34.9 Å². The van der Waals surface area contributed by atoms with Gasteiger partial charge in [0.1, 0.15) is 0 Å². The third-order valence-corrected chi connectivity index (χ3v) is 8.12. The van der Waals surface area contributed by atoms with E-state index in [-0.39, 0.29) is 5.54 Å². The van der Waals surface area contributed by atoms with Crippen molar-refractivity contribution in [2.75, 3.05) is 0 Å². The molecule has 2 saturated carbocycles. The highest BCUT2D eigenvalue weighted by atomic mass is 14.9. The van der Waals surface area contributed by atoms with Crippen LogP contribution in [0.15, 0.2) is 18.2 Å². The molecule has 0 saturated heterocycles. The van der Waals surface area contributed by atoms with Crippen molar-refractivity contribution in [2.24, 2.45) is 22.5 Å². The Labute approximate surface area is 135 Å². The molecule has 0 heterocycles. The fraction of sp³-hybridized carbons (Fsp3) is 0.714.